The molecule has 1 aliphatic heterocycles. The maximum Gasteiger partial charge on any atom is 0.443 e. The number of thiazole rings is 1. The van der Waals surface area contributed by atoms with E-state index in [9.17, 15) is 31.1 Å². The van der Waals surface area contributed by atoms with Crippen molar-refractivity contribution in [2.45, 2.75) is 37.8 Å². The minimum Gasteiger partial charge on any atom is -0.342 e. The summed E-state index contributed by atoms with van der Waals surface area (Å²) in [5, 5.41) is 9.31. The first-order chi connectivity index (χ1) is 14.4. The van der Waals surface area contributed by atoms with E-state index >= 15 is 0 Å². The lowest BCUT2D eigenvalue weighted by molar-refractivity contribution is -0.141. The number of hydrogen-bond donors (Lipinski definition) is 1. The number of halogens is 6. The van der Waals surface area contributed by atoms with Crippen LogP contribution in [0.25, 0.3) is 10.6 Å². The summed E-state index contributed by atoms with van der Waals surface area (Å²) in [4.78, 5) is 16.2. The molecule has 1 aliphatic rings. The van der Waals surface area contributed by atoms with Gasteiger partial charge in [-0.2, -0.15) is 36.5 Å². The highest BCUT2D eigenvalue weighted by atomic mass is 32.1. The van der Waals surface area contributed by atoms with Crippen molar-refractivity contribution < 1.29 is 31.1 Å². The number of aromatic nitrogens is 5. The lowest BCUT2D eigenvalue weighted by atomic mass is 10.0. The van der Waals surface area contributed by atoms with E-state index in [2.05, 4.69) is 20.5 Å². The van der Waals surface area contributed by atoms with Gasteiger partial charge in [-0.05, 0) is 18.9 Å². The third-order valence-electron chi connectivity index (χ3n) is 4.74. The minimum absolute atomic E-state index is 0.223. The second-order valence-corrected chi connectivity index (χ2v) is 7.94. The van der Waals surface area contributed by atoms with Crippen LogP contribution in [0.5, 0.6) is 0 Å². The molecule has 166 valence electrons. The van der Waals surface area contributed by atoms with Crippen LogP contribution in [0.1, 0.15) is 45.8 Å². The van der Waals surface area contributed by atoms with Gasteiger partial charge < -0.3 is 5.32 Å². The number of nitrogens with zero attached hydrogens (tertiary/aromatic N) is 5. The largest absolute Gasteiger partial charge is 0.443 e. The molecule has 0 radical (unpaired) electrons. The van der Waals surface area contributed by atoms with Gasteiger partial charge in [0.1, 0.15) is 11.4 Å². The van der Waals surface area contributed by atoms with Crippen LogP contribution in [0, 0.1) is 0 Å². The van der Waals surface area contributed by atoms with Gasteiger partial charge in [0.25, 0.3) is 5.91 Å². The van der Waals surface area contributed by atoms with Crippen molar-refractivity contribution in [3.05, 3.63) is 40.4 Å². The van der Waals surface area contributed by atoms with Crippen LogP contribution in [0.2, 0.25) is 0 Å². The summed E-state index contributed by atoms with van der Waals surface area (Å²) in [6.45, 7) is 0.497. The van der Waals surface area contributed by atoms with Gasteiger partial charge in [-0.3, -0.25) is 14.2 Å². The van der Waals surface area contributed by atoms with E-state index in [4.69, 9.17) is 0 Å². The lowest BCUT2D eigenvalue weighted by Crippen LogP contribution is -2.33. The van der Waals surface area contributed by atoms with Crippen LogP contribution in [0.15, 0.2) is 18.3 Å². The summed E-state index contributed by atoms with van der Waals surface area (Å²) in [5.74, 6) is -0.746. The predicted molar refractivity (Wildman–Crippen MR) is 96.0 cm³/mol. The number of amides is 1. The molecule has 4 heterocycles. The van der Waals surface area contributed by atoms with Crippen molar-refractivity contribution in [3.63, 3.8) is 0 Å². The zero-order valence-corrected chi connectivity index (χ0v) is 16.6. The van der Waals surface area contributed by atoms with Gasteiger partial charge in [0, 0.05) is 25.9 Å². The van der Waals surface area contributed by atoms with Crippen LogP contribution in [0.4, 0.5) is 26.3 Å². The third kappa shape index (κ3) is 4.16. The van der Waals surface area contributed by atoms with Gasteiger partial charge in [-0.15, -0.1) is 11.3 Å². The molecule has 1 atom stereocenters. The summed E-state index contributed by atoms with van der Waals surface area (Å²) in [7, 11) is 1.23. The first-order valence-corrected chi connectivity index (χ1v) is 9.78. The fourth-order valence-corrected chi connectivity index (χ4v) is 4.06. The molecule has 3 aromatic rings. The van der Waals surface area contributed by atoms with Gasteiger partial charge in [0.05, 0.1) is 16.6 Å². The molecule has 3 aromatic heterocycles. The fourth-order valence-electron chi connectivity index (χ4n) is 3.32. The molecular formula is C17H14F6N6OS. The van der Waals surface area contributed by atoms with Crippen LogP contribution in [-0.2, 0) is 25.9 Å². The summed E-state index contributed by atoms with van der Waals surface area (Å²) in [6.07, 6.45) is -7.04. The Hall–Kier alpha value is -2.90. The highest BCUT2D eigenvalue weighted by molar-refractivity contribution is 7.15. The summed E-state index contributed by atoms with van der Waals surface area (Å²) in [6, 6.07) is 1.65. The molecular weight excluding hydrogens is 450 g/mol. The molecule has 1 amide bonds. The summed E-state index contributed by atoms with van der Waals surface area (Å²) >= 11 is 0.458. The SMILES string of the molecule is Cn1nc(C(F)(F)F)cc1C(=O)N[C@H]1CCCn2nc(-c3cnc(C(F)(F)F)s3)cc21. The molecule has 0 aliphatic carbocycles. The van der Waals surface area contributed by atoms with Crippen molar-refractivity contribution in [3.8, 4) is 10.6 Å². The zero-order chi connectivity index (χ0) is 22.6. The van der Waals surface area contributed by atoms with E-state index in [1.54, 1.807) is 10.7 Å². The number of rotatable bonds is 3. The first-order valence-electron chi connectivity index (χ1n) is 8.96. The van der Waals surface area contributed by atoms with E-state index in [0.29, 0.717) is 42.5 Å². The molecule has 0 bridgehead atoms. The molecule has 0 unspecified atom stereocenters. The van der Waals surface area contributed by atoms with Crippen molar-refractivity contribution in [2.24, 2.45) is 7.05 Å². The van der Waals surface area contributed by atoms with Crippen LogP contribution >= 0.6 is 11.3 Å². The van der Waals surface area contributed by atoms with Gasteiger partial charge in [-0.25, -0.2) is 4.98 Å². The normalized spacial score (nSPS) is 16.9. The van der Waals surface area contributed by atoms with Crippen molar-refractivity contribution >= 4 is 17.2 Å². The molecule has 0 fully saturated rings. The molecule has 7 nitrogen and oxygen atoms in total. The Kier molecular flexibility index (Phi) is 5.06. The molecule has 14 heteroatoms. The van der Waals surface area contributed by atoms with E-state index in [0.717, 1.165) is 10.9 Å². The van der Waals surface area contributed by atoms with E-state index < -0.39 is 35.0 Å². The Balaban J connectivity index is 1.57. The van der Waals surface area contributed by atoms with Crippen molar-refractivity contribution in [1.29, 1.82) is 0 Å². The molecule has 0 saturated heterocycles. The van der Waals surface area contributed by atoms with Gasteiger partial charge >= 0.3 is 12.4 Å². The first kappa shape index (κ1) is 21.3. The monoisotopic (exact) mass is 464 g/mol. The molecule has 0 aromatic carbocycles. The molecule has 31 heavy (non-hydrogen) atoms. The van der Waals surface area contributed by atoms with Crippen LogP contribution < -0.4 is 5.32 Å². The van der Waals surface area contributed by atoms with Crippen LogP contribution in [-0.4, -0.2) is 30.5 Å². The smallest absolute Gasteiger partial charge is 0.342 e. The Bertz CT molecular complexity index is 1130. The van der Waals surface area contributed by atoms with Gasteiger partial charge in [-0.1, -0.05) is 0 Å². The zero-order valence-electron chi connectivity index (χ0n) is 15.8. The van der Waals surface area contributed by atoms with Gasteiger partial charge in [0.2, 0.25) is 0 Å². The number of carbonyl (C=O) groups excluding carboxylic acids is 1. The van der Waals surface area contributed by atoms with E-state index in [1.807, 2.05) is 0 Å². The Morgan fingerprint density at radius 3 is 2.52 bits per heavy atom. The van der Waals surface area contributed by atoms with E-state index in [-0.39, 0.29) is 16.3 Å². The number of carbonyl (C=O) groups is 1. The maximum atomic E-state index is 12.8. The number of fused-ring (bicyclic) bond motifs is 1. The number of nitrogens with one attached hydrogen (secondary N) is 1. The quantitative estimate of drug-likeness (QED) is 0.594. The number of hydrogen-bond acceptors (Lipinski definition) is 5. The third-order valence-corrected chi connectivity index (χ3v) is 5.80. The Morgan fingerprint density at radius 2 is 1.90 bits per heavy atom. The molecule has 4 rings (SSSR count). The Labute approximate surface area is 174 Å². The van der Waals surface area contributed by atoms with Crippen molar-refractivity contribution in [2.75, 3.05) is 0 Å². The fraction of sp³-hybridized carbons (Fsp3) is 0.412. The highest BCUT2D eigenvalue weighted by Gasteiger charge is 2.37. The predicted octanol–water partition coefficient (Wildman–Crippen LogP) is 4.04. The average molecular weight is 464 g/mol. The lowest BCUT2D eigenvalue weighted by Gasteiger charge is -2.24. The number of aryl methyl sites for hydroxylation is 2. The molecule has 0 spiro atoms. The standard InChI is InChI=1S/C17H14F6N6OS/c1-28-11(6-13(27-28)16(18,19)20)14(30)25-8-3-2-4-29-10(8)5-9(26-29)12-7-24-15(31-12)17(21,22)23/h5-8H,2-4H2,1H3,(H,25,30)/t8-/m0/s1. The van der Waals surface area contributed by atoms with E-state index in [1.165, 1.54) is 7.05 Å². The maximum absolute atomic E-state index is 12.8. The second kappa shape index (κ2) is 7.35. The topological polar surface area (TPSA) is 77.6 Å². The second-order valence-electron chi connectivity index (χ2n) is 6.91. The summed E-state index contributed by atoms with van der Waals surface area (Å²) < 4.78 is 79.4. The Morgan fingerprint density at radius 1 is 1.16 bits per heavy atom. The van der Waals surface area contributed by atoms with Crippen LogP contribution in [0.3, 0.4) is 0 Å². The van der Waals surface area contributed by atoms with Gasteiger partial charge in [0.15, 0.2) is 10.7 Å². The van der Waals surface area contributed by atoms with Crippen molar-refractivity contribution in [1.82, 2.24) is 29.9 Å². The molecule has 0 saturated carbocycles. The summed E-state index contributed by atoms with van der Waals surface area (Å²) in [5.41, 5.74) is -0.609. The average Bonchev–Trinajstić information content (AvgIpc) is 3.38. The molecule has 1 N–H and O–H groups in total. The minimum atomic E-state index is -4.68. The highest BCUT2D eigenvalue weighted by Crippen LogP contribution is 2.37. The number of alkyl halides is 6.